The van der Waals surface area contributed by atoms with Crippen LogP contribution >= 0.6 is 0 Å². The zero-order valence-electron chi connectivity index (χ0n) is 13.9. The lowest BCUT2D eigenvalue weighted by Crippen LogP contribution is -2.13. The second-order valence-corrected chi connectivity index (χ2v) is 5.47. The first-order valence-electron chi connectivity index (χ1n) is 7.64. The molecule has 2 rings (SSSR count). The van der Waals surface area contributed by atoms with Gasteiger partial charge in [-0.2, -0.15) is 0 Å². The van der Waals surface area contributed by atoms with Gasteiger partial charge in [-0.1, -0.05) is 12.1 Å². The second-order valence-electron chi connectivity index (χ2n) is 5.47. The van der Waals surface area contributed by atoms with Crippen molar-refractivity contribution >= 4 is 11.7 Å². The van der Waals surface area contributed by atoms with E-state index in [1.807, 2.05) is 0 Å². The van der Waals surface area contributed by atoms with Crippen molar-refractivity contribution in [3.05, 3.63) is 69.8 Å². The number of methoxy groups -OCH3 is 1. The Kier molecular flexibility index (Phi) is 6.08. The highest BCUT2D eigenvalue weighted by Crippen LogP contribution is 2.31. The molecule has 0 aromatic heterocycles. The molecule has 132 valence electrons. The van der Waals surface area contributed by atoms with E-state index in [1.165, 1.54) is 31.2 Å². The lowest BCUT2D eigenvalue weighted by molar-refractivity contribution is -0.384. The third kappa shape index (κ3) is 5.02. The van der Waals surface area contributed by atoms with E-state index < -0.39 is 23.1 Å². The molecule has 0 unspecified atom stereocenters. The summed E-state index contributed by atoms with van der Waals surface area (Å²) in [5.41, 5.74) is 1.18. The average molecular weight is 345 g/mol. The first-order chi connectivity index (χ1) is 11.9. The molecule has 7 heteroatoms. The van der Waals surface area contributed by atoms with Gasteiger partial charge in [-0.15, -0.1) is 0 Å². The van der Waals surface area contributed by atoms with Crippen LogP contribution < -0.4 is 4.74 Å². The zero-order chi connectivity index (χ0) is 18.4. The Morgan fingerprint density at radius 3 is 2.16 bits per heavy atom. The molecule has 0 amide bonds. The molecule has 0 saturated carbocycles. The largest absolute Gasteiger partial charge is 0.497 e. The summed E-state index contributed by atoms with van der Waals surface area (Å²) in [6, 6.07) is 12.6. The topological polar surface area (TPSA) is 98.9 Å². The summed E-state index contributed by atoms with van der Waals surface area (Å²) in [4.78, 5) is 21.6. The number of carbonyl (C=O) groups is 1. The zero-order valence-corrected chi connectivity index (χ0v) is 13.9. The average Bonchev–Trinajstić information content (AvgIpc) is 2.61. The van der Waals surface area contributed by atoms with Gasteiger partial charge >= 0.3 is 5.97 Å². The SMILES string of the molecule is COc1ccc([C@@H](O)C[C@@H](OC(C)=O)c2ccc([N+](=O)[O-])cc2)cc1. The number of nitro groups is 1. The molecule has 7 nitrogen and oxygen atoms in total. The number of hydrogen-bond donors (Lipinski definition) is 1. The fraction of sp³-hybridized carbons (Fsp3) is 0.278. The van der Waals surface area contributed by atoms with Gasteiger partial charge in [0.25, 0.3) is 5.69 Å². The third-order valence-electron chi connectivity index (χ3n) is 3.72. The number of aliphatic hydroxyl groups excluding tert-OH is 1. The number of aliphatic hydroxyl groups is 1. The first-order valence-corrected chi connectivity index (χ1v) is 7.64. The summed E-state index contributed by atoms with van der Waals surface area (Å²) in [7, 11) is 1.55. The molecule has 0 heterocycles. The van der Waals surface area contributed by atoms with Crippen LogP contribution in [0.2, 0.25) is 0 Å². The van der Waals surface area contributed by atoms with Gasteiger partial charge in [0.15, 0.2) is 0 Å². The van der Waals surface area contributed by atoms with E-state index in [2.05, 4.69) is 0 Å². The van der Waals surface area contributed by atoms with E-state index >= 15 is 0 Å². The van der Waals surface area contributed by atoms with Gasteiger partial charge < -0.3 is 14.6 Å². The Morgan fingerprint density at radius 1 is 1.12 bits per heavy atom. The standard InChI is InChI=1S/C18H19NO6/c1-12(20)25-18(14-3-7-15(8-4-14)19(22)23)11-17(21)13-5-9-16(24-2)10-6-13/h3-10,17-18,21H,11H2,1-2H3/t17-,18+/m0/s1. The van der Waals surface area contributed by atoms with Gasteiger partial charge in [0.05, 0.1) is 18.1 Å². The normalized spacial score (nSPS) is 12.9. The Morgan fingerprint density at radius 2 is 1.68 bits per heavy atom. The van der Waals surface area contributed by atoms with Gasteiger partial charge in [0.1, 0.15) is 11.9 Å². The van der Waals surface area contributed by atoms with Crippen molar-refractivity contribution < 1.29 is 24.3 Å². The highest BCUT2D eigenvalue weighted by molar-refractivity contribution is 5.66. The lowest BCUT2D eigenvalue weighted by Gasteiger charge is -2.21. The van der Waals surface area contributed by atoms with Crippen LogP contribution in [-0.2, 0) is 9.53 Å². The summed E-state index contributed by atoms with van der Waals surface area (Å²) in [6.07, 6.45) is -1.45. The van der Waals surface area contributed by atoms with Crippen LogP contribution in [0, 0.1) is 10.1 Å². The predicted octanol–water partition coefficient (Wildman–Crippen LogP) is 3.33. The van der Waals surface area contributed by atoms with Gasteiger partial charge in [0, 0.05) is 25.5 Å². The number of hydrogen-bond acceptors (Lipinski definition) is 6. The van der Waals surface area contributed by atoms with Crippen molar-refractivity contribution in [2.45, 2.75) is 25.6 Å². The summed E-state index contributed by atoms with van der Waals surface area (Å²) in [5.74, 6) is 0.174. The third-order valence-corrected chi connectivity index (χ3v) is 3.72. The number of carbonyl (C=O) groups excluding carboxylic acids is 1. The molecule has 0 radical (unpaired) electrons. The van der Waals surface area contributed by atoms with Crippen molar-refractivity contribution in [2.75, 3.05) is 7.11 Å². The minimum absolute atomic E-state index is 0.0546. The van der Waals surface area contributed by atoms with Gasteiger partial charge in [0.2, 0.25) is 0 Å². The fourth-order valence-corrected chi connectivity index (χ4v) is 2.43. The Hall–Kier alpha value is -2.93. The smallest absolute Gasteiger partial charge is 0.303 e. The maximum Gasteiger partial charge on any atom is 0.303 e. The number of non-ortho nitro benzene ring substituents is 1. The van der Waals surface area contributed by atoms with Crippen LogP contribution in [0.25, 0.3) is 0 Å². The maximum atomic E-state index is 11.4. The van der Waals surface area contributed by atoms with Crippen molar-refractivity contribution in [1.82, 2.24) is 0 Å². The van der Waals surface area contributed by atoms with E-state index in [4.69, 9.17) is 9.47 Å². The van der Waals surface area contributed by atoms with Gasteiger partial charge in [-0.05, 0) is 35.4 Å². The summed E-state index contributed by atoms with van der Waals surface area (Å²) in [5, 5.41) is 21.2. The summed E-state index contributed by atoms with van der Waals surface area (Å²) in [6.45, 7) is 1.28. The molecule has 0 aliphatic rings. The molecule has 0 spiro atoms. The van der Waals surface area contributed by atoms with Crippen LogP contribution in [0.4, 0.5) is 5.69 Å². The predicted molar refractivity (Wildman–Crippen MR) is 90.2 cm³/mol. The second kappa shape index (κ2) is 8.25. The number of nitro benzene ring substituents is 1. The molecule has 2 atom stereocenters. The van der Waals surface area contributed by atoms with Crippen LogP contribution in [0.3, 0.4) is 0 Å². The minimum Gasteiger partial charge on any atom is -0.497 e. The monoisotopic (exact) mass is 345 g/mol. The number of nitrogens with zero attached hydrogens (tertiary/aromatic N) is 1. The molecule has 0 fully saturated rings. The van der Waals surface area contributed by atoms with E-state index in [-0.39, 0.29) is 12.1 Å². The Balaban J connectivity index is 2.18. The number of ether oxygens (including phenoxy) is 2. The summed E-state index contributed by atoms with van der Waals surface area (Å²) >= 11 is 0. The number of benzene rings is 2. The molecule has 0 aliphatic carbocycles. The van der Waals surface area contributed by atoms with Gasteiger partial charge in [-0.3, -0.25) is 14.9 Å². The van der Waals surface area contributed by atoms with Crippen LogP contribution in [-0.4, -0.2) is 23.1 Å². The molecule has 0 saturated heterocycles. The molecular formula is C18H19NO6. The van der Waals surface area contributed by atoms with Gasteiger partial charge in [-0.25, -0.2) is 0 Å². The quantitative estimate of drug-likeness (QED) is 0.469. The minimum atomic E-state index is -0.870. The summed E-state index contributed by atoms with van der Waals surface area (Å²) < 4.78 is 10.4. The molecule has 1 N–H and O–H groups in total. The van der Waals surface area contributed by atoms with Crippen molar-refractivity contribution in [3.8, 4) is 5.75 Å². The van der Waals surface area contributed by atoms with E-state index in [0.29, 0.717) is 16.9 Å². The number of esters is 1. The fourth-order valence-electron chi connectivity index (χ4n) is 2.43. The van der Waals surface area contributed by atoms with E-state index in [1.54, 1.807) is 31.4 Å². The molecule has 2 aromatic carbocycles. The van der Waals surface area contributed by atoms with Crippen molar-refractivity contribution in [1.29, 1.82) is 0 Å². The van der Waals surface area contributed by atoms with E-state index in [0.717, 1.165) is 0 Å². The van der Waals surface area contributed by atoms with Crippen molar-refractivity contribution in [3.63, 3.8) is 0 Å². The van der Waals surface area contributed by atoms with Crippen LogP contribution in [0.15, 0.2) is 48.5 Å². The molecule has 25 heavy (non-hydrogen) atoms. The molecule has 0 aliphatic heterocycles. The van der Waals surface area contributed by atoms with Crippen LogP contribution in [0.5, 0.6) is 5.75 Å². The number of rotatable bonds is 7. The van der Waals surface area contributed by atoms with Crippen molar-refractivity contribution in [2.24, 2.45) is 0 Å². The Labute approximate surface area is 145 Å². The molecular weight excluding hydrogens is 326 g/mol. The molecule has 0 bridgehead atoms. The Bertz CT molecular complexity index is 726. The first kappa shape index (κ1) is 18.4. The van der Waals surface area contributed by atoms with Crippen LogP contribution in [0.1, 0.15) is 36.7 Å². The lowest BCUT2D eigenvalue weighted by atomic mass is 9.98. The maximum absolute atomic E-state index is 11.4. The van der Waals surface area contributed by atoms with E-state index in [9.17, 15) is 20.0 Å². The highest BCUT2D eigenvalue weighted by atomic mass is 16.6. The molecule has 2 aromatic rings. The highest BCUT2D eigenvalue weighted by Gasteiger charge is 2.21.